The average molecular weight is 367 g/mol. The van der Waals surface area contributed by atoms with E-state index in [1.165, 1.54) is 12.1 Å². The van der Waals surface area contributed by atoms with E-state index in [-0.39, 0.29) is 18.1 Å². The van der Waals surface area contributed by atoms with Gasteiger partial charge >= 0.3 is 6.09 Å². The van der Waals surface area contributed by atoms with E-state index in [1.807, 2.05) is 30.3 Å². The van der Waals surface area contributed by atoms with E-state index in [1.54, 1.807) is 6.92 Å². The first-order chi connectivity index (χ1) is 13.1. The number of phenols is 1. The number of aromatic hydroxyl groups is 1. The highest BCUT2D eigenvalue weighted by Crippen LogP contribution is 2.30. The summed E-state index contributed by atoms with van der Waals surface area (Å²) in [5.41, 5.74) is 1.57. The summed E-state index contributed by atoms with van der Waals surface area (Å²) in [6.45, 7) is 2.64. The fourth-order valence-corrected chi connectivity index (χ4v) is 2.22. The smallest absolute Gasteiger partial charge is 0.407 e. The molecule has 0 radical (unpaired) electrons. The Bertz CT molecular complexity index is 837. The number of alkyl carbamates (subject to hydrolysis) is 1. The second-order valence-corrected chi connectivity index (χ2v) is 5.51. The van der Waals surface area contributed by atoms with Crippen molar-refractivity contribution < 1.29 is 24.2 Å². The standard InChI is InChI=1S/C21H21NO5/c1-2-26-19-13-17(14-23)12-18(20(19)24)10-6-7-11-22-21(25)27-15-16-8-4-3-5-9-16/h3-5,8-9,12-14,24H,2,7,11,15H2,1H3,(H,22,25). The first-order valence-electron chi connectivity index (χ1n) is 8.52. The molecule has 0 heterocycles. The minimum Gasteiger partial charge on any atom is -0.503 e. The molecular weight excluding hydrogens is 346 g/mol. The van der Waals surface area contributed by atoms with Crippen LogP contribution in [0.5, 0.6) is 11.5 Å². The van der Waals surface area contributed by atoms with Gasteiger partial charge in [-0.3, -0.25) is 4.79 Å². The Balaban J connectivity index is 1.83. The fourth-order valence-electron chi connectivity index (χ4n) is 2.22. The first kappa shape index (κ1) is 19.9. The van der Waals surface area contributed by atoms with E-state index in [0.29, 0.717) is 37.0 Å². The van der Waals surface area contributed by atoms with Crippen molar-refractivity contribution in [2.75, 3.05) is 13.2 Å². The summed E-state index contributed by atoms with van der Waals surface area (Å²) in [4.78, 5) is 22.6. The predicted octanol–water partition coefficient (Wildman–Crippen LogP) is 3.27. The van der Waals surface area contributed by atoms with Crippen molar-refractivity contribution in [3.05, 3.63) is 59.2 Å². The molecule has 0 spiro atoms. The molecule has 0 bridgehead atoms. The molecule has 0 saturated carbocycles. The average Bonchev–Trinajstić information content (AvgIpc) is 2.69. The molecular formula is C21H21NO5. The zero-order chi connectivity index (χ0) is 19.5. The van der Waals surface area contributed by atoms with Crippen LogP contribution in [0.25, 0.3) is 0 Å². The highest BCUT2D eigenvalue weighted by Gasteiger charge is 2.09. The second kappa shape index (κ2) is 10.5. The number of rotatable bonds is 7. The number of ether oxygens (including phenoxy) is 2. The van der Waals surface area contributed by atoms with Crippen LogP contribution in [0.15, 0.2) is 42.5 Å². The van der Waals surface area contributed by atoms with Crippen LogP contribution in [-0.2, 0) is 11.3 Å². The van der Waals surface area contributed by atoms with Gasteiger partial charge in [0.15, 0.2) is 11.5 Å². The summed E-state index contributed by atoms with van der Waals surface area (Å²) in [7, 11) is 0. The van der Waals surface area contributed by atoms with Crippen molar-refractivity contribution in [3.63, 3.8) is 0 Å². The van der Waals surface area contributed by atoms with Gasteiger partial charge in [-0.2, -0.15) is 0 Å². The van der Waals surface area contributed by atoms with E-state index >= 15 is 0 Å². The van der Waals surface area contributed by atoms with Gasteiger partial charge in [0.05, 0.1) is 12.2 Å². The third-order valence-electron chi connectivity index (χ3n) is 3.49. The van der Waals surface area contributed by atoms with Gasteiger partial charge in [0.25, 0.3) is 0 Å². The van der Waals surface area contributed by atoms with E-state index in [4.69, 9.17) is 9.47 Å². The van der Waals surface area contributed by atoms with Gasteiger partial charge < -0.3 is 19.9 Å². The maximum absolute atomic E-state index is 11.6. The van der Waals surface area contributed by atoms with E-state index in [0.717, 1.165) is 5.56 Å². The number of hydrogen-bond acceptors (Lipinski definition) is 5. The van der Waals surface area contributed by atoms with Crippen LogP contribution in [0.2, 0.25) is 0 Å². The molecule has 1 amide bonds. The van der Waals surface area contributed by atoms with Crippen molar-refractivity contribution in [2.45, 2.75) is 20.0 Å². The Morgan fingerprint density at radius 2 is 2.04 bits per heavy atom. The number of phenolic OH excluding ortho intramolecular Hbond substituents is 1. The summed E-state index contributed by atoms with van der Waals surface area (Å²) in [6.07, 6.45) is 0.497. The number of benzene rings is 2. The summed E-state index contributed by atoms with van der Waals surface area (Å²) < 4.78 is 10.4. The molecule has 0 atom stereocenters. The first-order valence-corrected chi connectivity index (χ1v) is 8.52. The maximum atomic E-state index is 11.6. The lowest BCUT2D eigenvalue weighted by molar-refractivity contribution is 0.112. The highest BCUT2D eigenvalue weighted by atomic mass is 16.5. The van der Waals surface area contributed by atoms with Crippen molar-refractivity contribution in [3.8, 4) is 23.3 Å². The summed E-state index contributed by atoms with van der Waals surface area (Å²) in [5.74, 6) is 5.74. The molecule has 0 aliphatic carbocycles. The maximum Gasteiger partial charge on any atom is 0.407 e. The summed E-state index contributed by atoms with van der Waals surface area (Å²) in [6, 6.07) is 12.3. The molecule has 6 nitrogen and oxygen atoms in total. The largest absolute Gasteiger partial charge is 0.503 e. The molecule has 0 aromatic heterocycles. The van der Waals surface area contributed by atoms with Crippen molar-refractivity contribution in [1.82, 2.24) is 5.32 Å². The number of carbonyl (C=O) groups excluding carboxylic acids is 2. The highest BCUT2D eigenvalue weighted by molar-refractivity contribution is 5.78. The van der Waals surface area contributed by atoms with Gasteiger partial charge in [-0.25, -0.2) is 4.79 Å². The number of hydrogen-bond donors (Lipinski definition) is 2. The lowest BCUT2D eigenvalue weighted by Crippen LogP contribution is -2.24. The Hall–Kier alpha value is -3.46. The third-order valence-corrected chi connectivity index (χ3v) is 3.49. The van der Waals surface area contributed by atoms with Gasteiger partial charge in [0, 0.05) is 18.5 Å². The van der Waals surface area contributed by atoms with Crippen LogP contribution in [-0.4, -0.2) is 30.6 Å². The zero-order valence-corrected chi connectivity index (χ0v) is 15.0. The lowest BCUT2D eigenvalue weighted by Gasteiger charge is -2.08. The van der Waals surface area contributed by atoms with Gasteiger partial charge in [0.2, 0.25) is 0 Å². The lowest BCUT2D eigenvalue weighted by atomic mass is 10.1. The normalized spacial score (nSPS) is 9.67. The van der Waals surface area contributed by atoms with Crippen LogP contribution in [0.4, 0.5) is 4.79 Å². The molecule has 140 valence electrons. The quantitative estimate of drug-likeness (QED) is 0.446. The SMILES string of the molecule is CCOc1cc(C=O)cc(C#CCCNC(=O)OCc2ccccc2)c1O. The Morgan fingerprint density at radius 1 is 1.26 bits per heavy atom. The Kier molecular flexibility index (Phi) is 7.73. The molecule has 0 aliphatic rings. The number of amides is 1. The van der Waals surface area contributed by atoms with Crippen LogP contribution < -0.4 is 10.1 Å². The van der Waals surface area contributed by atoms with Crippen LogP contribution in [0, 0.1) is 11.8 Å². The molecule has 6 heteroatoms. The number of nitrogens with one attached hydrogen (secondary N) is 1. The molecule has 2 rings (SSSR count). The molecule has 0 saturated heterocycles. The fraction of sp³-hybridized carbons (Fsp3) is 0.238. The number of carbonyl (C=O) groups is 2. The summed E-state index contributed by atoms with van der Waals surface area (Å²) >= 11 is 0. The Morgan fingerprint density at radius 3 is 2.74 bits per heavy atom. The minimum atomic E-state index is -0.523. The molecule has 2 aromatic rings. The monoisotopic (exact) mass is 367 g/mol. The Labute approximate surface area is 158 Å². The zero-order valence-electron chi connectivity index (χ0n) is 15.0. The topological polar surface area (TPSA) is 84.9 Å². The predicted molar refractivity (Wildman–Crippen MR) is 101 cm³/mol. The van der Waals surface area contributed by atoms with Gasteiger partial charge in [-0.05, 0) is 24.6 Å². The second-order valence-electron chi connectivity index (χ2n) is 5.51. The molecule has 0 unspecified atom stereocenters. The number of aldehydes is 1. The molecule has 0 aliphatic heterocycles. The van der Waals surface area contributed by atoms with Gasteiger partial charge in [-0.1, -0.05) is 42.2 Å². The van der Waals surface area contributed by atoms with Crippen molar-refractivity contribution in [1.29, 1.82) is 0 Å². The van der Waals surface area contributed by atoms with Crippen LogP contribution in [0.3, 0.4) is 0 Å². The van der Waals surface area contributed by atoms with E-state index in [9.17, 15) is 14.7 Å². The molecule has 27 heavy (non-hydrogen) atoms. The minimum absolute atomic E-state index is 0.106. The van der Waals surface area contributed by atoms with Crippen LogP contribution >= 0.6 is 0 Å². The molecule has 2 N–H and O–H groups in total. The van der Waals surface area contributed by atoms with E-state index < -0.39 is 6.09 Å². The van der Waals surface area contributed by atoms with Crippen molar-refractivity contribution >= 4 is 12.4 Å². The molecule has 2 aromatic carbocycles. The van der Waals surface area contributed by atoms with Crippen molar-refractivity contribution in [2.24, 2.45) is 0 Å². The van der Waals surface area contributed by atoms with E-state index in [2.05, 4.69) is 17.2 Å². The van der Waals surface area contributed by atoms with Crippen LogP contribution in [0.1, 0.15) is 34.8 Å². The molecule has 0 fully saturated rings. The summed E-state index contributed by atoms with van der Waals surface area (Å²) in [5, 5.41) is 12.7. The van der Waals surface area contributed by atoms with Gasteiger partial charge in [-0.15, -0.1) is 0 Å². The van der Waals surface area contributed by atoms with Gasteiger partial charge in [0.1, 0.15) is 12.9 Å². The third kappa shape index (κ3) is 6.40.